The van der Waals surface area contributed by atoms with Gasteiger partial charge in [0.15, 0.2) is 0 Å². The van der Waals surface area contributed by atoms with Gasteiger partial charge in [-0.3, -0.25) is 4.90 Å². The molecule has 0 aromatic carbocycles. The fourth-order valence-corrected chi connectivity index (χ4v) is 1.10. The van der Waals surface area contributed by atoms with Crippen molar-refractivity contribution in [3.05, 3.63) is 0 Å². The summed E-state index contributed by atoms with van der Waals surface area (Å²) in [6.07, 6.45) is 0. The van der Waals surface area contributed by atoms with Gasteiger partial charge in [-0.1, -0.05) is 0 Å². The molecule has 80 valence electrons. The van der Waals surface area contributed by atoms with Gasteiger partial charge >= 0.3 is 0 Å². The lowest BCUT2D eigenvalue weighted by atomic mass is 10.3. The fraction of sp³-hybridized carbons (Fsp3) is 1.00. The molecule has 0 bridgehead atoms. The molecular weight excluding hydrogens is 168 g/mol. The molecule has 2 N–H and O–H groups in total. The zero-order valence-corrected chi connectivity index (χ0v) is 8.95. The summed E-state index contributed by atoms with van der Waals surface area (Å²) in [6.45, 7) is 5.73. The van der Waals surface area contributed by atoms with Gasteiger partial charge in [0, 0.05) is 32.8 Å². The SMILES string of the molecule is CCOCCN(C)C(CN)COC. The molecule has 0 radical (unpaired) electrons. The van der Waals surface area contributed by atoms with Crippen LogP contribution in [0.3, 0.4) is 0 Å². The predicted octanol–water partition coefficient (Wildman–Crippen LogP) is -0.0716. The maximum absolute atomic E-state index is 5.60. The average Bonchev–Trinajstić information content (AvgIpc) is 2.14. The molecule has 1 unspecified atom stereocenters. The van der Waals surface area contributed by atoms with Crippen LogP contribution in [0.1, 0.15) is 6.92 Å². The summed E-state index contributed by atoms with van der Waals surface area (Å²) in [7, 11) is 3.73. The summed E-state index contributed by atoms with van der Waals surface area (Å²) in [5, 5.41) is 0. The van der Waals surface area contributed by atoms with Gasteiger partial charge in [0.2, 0.25) is 0 Å². The molecule has 0 aromatic rings. The summed E-state index contributed by atoms with van der Waals surface area (Å²) in [4.78, 5) is 2.17. The van der Waals surface area contributed by atoms with Crippen LogP contribution >= 0.6 is 0 Å². The van der Waals surface area contributed by atoms with Crippen molar-refractivity contribution in [2.45, 2.75) is 13.0 Å². The number of nitrogens with zero attached hydrogens (tertiary/aromatic N) is 1. The van der Waals surface area contributed by atoms with E-state index < -0.39 is 0 Å². The second-order valence-electron chi connectivity index (χ2n) is 3.02. The first-order chi connectivity index (χ1) is 6.26. The molecule has 4 heteroatoms. The Morgan fingerprint density at radius 1 is 1.46 bits per heavy atom. The Kier molecular flexibility index (Phi) is 8.33. The van der Waals surface area contributed by atoms with Crippen LogP contribution in [0.25, 0.3) is 0 Å². The smallest absolute Gasteiger partial charge is 0.0630 e. The van der Waals surface area contributed by atoms with Crippen molar-refractivity contribution in [3.63, 3.8) is 0 Å². The molecule has 0 fully saturated rings. The van der Waals surface area contributed by atoms with E-state index in [-0.39, 0.29) is 0 Å². The second kappa shape index (κ2) is 8.44. The van der Waals surface area contributed by atoms with Crippen molar-refractivity contribution in [1.82, 2.24) is 4.90 Å². The molecule has 0 aromatic heterocycles. The van der Waals surface area contributed by atoms with Crippen LogP contribution in [0.4, 0.5) is 0 Å². The van der Waals surface area contributed by atoms with E-state index in [1.165, 1.54) is 0 Å². The lowest BCUT2D eigenvalue weighted by Gasteiger charge is -2.25. The Labute approximate surface area is 81.0 Å². The summed E-state index contributed by atoms with van der Waals surface area (Å²) in [5.41, 5.74) is 5.60. The molecule has 1 atom stereocenters. The zero-order chi connectivity index (χ0) is 10.1. The summed E-state index contributed by atoms with van der Waals surface area (Å²) in [5.74, 6) is 0. The summed E-state index contributed by atoms with van der Waals surface area (Å²) >= 11 is 0. The Bertz CT molecular complexity index is 112. The second-order valence-corrected chi connectivity index (χ2v) is 3.02. The molecule has 0 saturated heterocycles. The number of ether oxygens (including phenoxy) is 2. The molecule has 0 heterocycles. The Hall–Kier alpha value is -0.160. The van der Waals surface area contributed by atoms with Gasteiger partial charge in [0.25, 0.3) is 0 Å². The van der Waals surface area contributed by atoms with Crippen molar-refractivity contribution in [2.24, 2.45) is 5.73 Å². The van der Waals surface area contributed by atoms with E-state index >= 15 is 0 Å². The van der Waals surface area contributed by atoms with Crippen LogP contribution in [0.5, 0.6) is 0 Å². The Balaban J connectivity index is 3.57. The topological polar surface area (TPSA) is 47.7 Å². The largest absolute Gasteiger partial charge is 0.383 e. The molecule has 0 aliphatic rings. The molecule has 4 nitrogen and oxygen atoms in total. The first-order valence-electron chi connectivity index (χ1n) is 4.73. The quantitative estimate of drug-likeness (QED) is 0.544. The standard InChI is InChI=1S/C9H22N2O2/c1-4-13-6-5-11(2)9(7-10)8-12-3/h9H,4-8,10H2,1-3H3. The molecule has 0 saturated carbocycles. The van der Waals surface area contributed by atoms with Crippen LogP contribution in [0.2, 0.25) is 0 Å². The molecule has 0 aliphatic heterocycles. The van der Waals surface area contributed by atoms with Crippen molar-refractivity contribution in [2.75, 3.05) is 47.1 Å². The van der Waals surface area contributed by atoms with E-state index in [4.69, 9.17) is 15.2 Å². The zero-order valence-electron chi connectivity index (χ0n) is 8.95. The van der Waals surface area contributed by atoms with E-state index in [1.807, 2.05) is 14.0 Å². The number of methoxy groups -OCH3 is 1. The minimum atomic E-state index is 0.297. The van der Waals surface area contributed by atoms with Crippen molar-refractivity contribution >= 4 is 0 Å². The van der Waals surface area contributed by atoms with E-state index in [2.05, 4.69) is 4.90 Å². The van der Waals surface area contributed by atoms with Crippen LogP contribution < -0.4 is 5.73 Å². The first-order valence-corrected chi connectivity index (χ1v) is 4.73. The van der Waals surface area contributed by atoms with Gasteiger partial charge < -0.3 is 15.2 Å². The molecule has 0 rings (SSSR count). The molecule has 13 heavy (non-hydrogen) atoms. The highest BCUT2D eigenvalue weighted by atomic mass is 16.5. The predicted molar refractivity (Wildman–Crippen MR) is 53.8 cm³/mol. The van der Waals surface area contributed by atoms with E-state index in [0.717, 1.165) is 19.8 Å². The lowest BCUT2D eigenvalue weighted by molar-refractivity contribution is 0.0750. The van der Waals surface area contributed by atoms with Gasteiger partial charge in [0.1, 0.15) is 0 Å². The first kappa shape index (κ1) is 12.8. The van der Waals surface area contributed by atoms with Crippen molar-refractivity contribution in [1.29, 1.82) is 0 Å². The van der Waals surface area contributed by atoms with Gasteiger partial charge in [-0.15, -0.1) is 0 Å². The molecule has 0 spiro atoms. The van der Waals surface area contributed by atoms with E-state index in [9.17, 15) is 0 Å². The minimum absolute atomic E-state index is 0.297. The van der Waals surface area contributed by atoms with Crippen LogP contribution in [0, 0.1) is 0 Å². The molecule has 0 amide bonds. The average molecular weight is 190 g/mol. The minimum Gasteiger partial charge on any atom is -0.383 e. The molecule has 0 aliphatic carbocycles. The van der Waals surface area contributed by atoms with Crippen LogP contribution in [-0.2, 0) is 9.47 Å². The summed E-state index contributed by atoms with van der Waals surface area (Å²) in [6, 6.07) is 0.297. The van der Waals surface area contributed by atoms with E-state index in [0.29, 0.717) is 19.2 Å². The number of hydrogen-bond donors (Lipinski definition) is 1. The Morgan fingerprint density at radius 2 is 2.15 bits per heavy atom. The third-order valence-corrected chi connectivity index (χ3v) is 2.05. The highest BCUT2D eigenvalue weighted by Gasteiger charge is 2.11. The van der Waals surface area contributed by atoms with Gasteiger partial charge in [-0.2, -0.15) is 0 Å². The van der Waals surface area contributed by atoms with Crippen LogP contribution in [-0.4, -0.2) is 58.0 Å². The van der Waals surface area contributed by atoms with E-state index in [1.54, 1.807) is 7.11 Å². The van der Waals surface area contributed by atoms with Gasteiger partial charge in [0.05, 0.1) is 13.2 Å². The van der Waals surface area contributed by atoms with Crippen molar-refractivity contribution < 1.29 is 9.47 Å². The maximum atomic E-state index is 5.60. The van der Waals surface area contributed by atoms with Gasteiger partial charge in [-0.05, 0) is 14.0 Å². The highest BCUT2D eigenvalue weighted by Crippen LogP contribution is 1.94. The monoisotopic (exact) mass is 190 g/mol. The summed E-state index contributed by atoms with van der Waals surface area (Å²) < 4.78 is 10.3. The number of rotatable bonds is 8. The van der Waals surface area contributed by atoms with Gasteiger partial charge in [-0.25, -0.2) is 0 Å². The third-order valence-electron chi connectivity index (χ3n) is 2.05. The number of hydrogen-bond acceptors (Lipinski definition) is 4. The van der Waals surface area contributed by atoms with Crippen LogP contribution in [0.15, 0.2) is 0 Å². The fourth-order valence-electron chi connectivity index (χ4n) is 1.10. The Morgan fingerprint density at radius 3 is 2.62 bits per heavy atom. The normalized spacial score (nSPS) is 13.6. The lowest BCUT2D eigenvalue weighted by Crippen LogP contribution is -2.42. The third kappa shape index (κ3) is 5.99. The number of nitrogens with two attached hydrogens (primary N) is 1. The maximum Gasteiger partial charge on any atom is 0.0630 e. The number of likely N-dealkylation sites (N-methyl/N-ethyl adjacent to an activating group) is 1. The van der Waals surface area contributed by atoms with Crippen molar-refractivity contribution in [3.8, 4) is 0 Å². The highest BCUT2D eigenvalue weighted by molar-refractivity contribution is 4.68. The molecular formula is C9H22N2O2.